The molecule has 0 aromatic carbocycles. The summed E-state index contributed by atoms with van der Waals surface area (Å²) in [6.07, 6.45) is 8.31. The first-order chi connectivity index (χ1) is 9.26. The molecule has 1 saturated carbocycles. The fourth-order valence-corrected chi connectivity index (χ4v) is 2.61. The summed E-state index contributed by atoms with van der Waals surface area (Å²) in [5.41, 5.74) is 0.339. The lowest BCUT2D eigenvalue weighted by atomic mass is 9.84. The van der Waals surface area contributed by atoms with Crippen LogP contribution in [-0.2, 0) is 4.74 Å². The molecule has 1 aromatic heterocycles. The Morgan fingerprint density at radius 1 is 1.47 bits per heavy atom. The first kappa shape index (κ1) is 14.1. The van der Waals surface area contributed by atoms with Gasteiger partial charge in [0, 0.05) is 19.3 Å². The summed E-state index contributed by atoms with van der Waals surface area (Å²) in [5, 5.41) is 9.43. The van der Waals surface area contributed by atoms with Gasteiger partial charge in [0.05, 0.1) is 5.60 Å². The normalized spacial score (nSPS) is 18.2. The highest BCUT2D eigenvalue weighted by atomic mass is 16.5. The van der Waals surface area contributed by atoms with Crippen molar-refractivity contribution in [2.24, 2.45) is 0 Å². The molecule has 1 amide bonds. The zero-order chi connectivity index (χ0) is 13.6. The maximum Gasteiger partial charge on any atom is 0.269 e. The van der Waals surface area contributed by atoms with Gasteiger partial charge in [-0.2, -0.15) is 5.10 Å². The Balaban J connectivity index is 1.90. The monoisotopic (exact) mass is 265 g/mol. The van der Waals surface area contributed by atoms with Crippen LogP contribution in [0.25, 0.3) is 0 Å². The number of carbonyl (C=O) groups is 1. The lowest BCUT2D eigenvalue weighted by Crippen LogP contribution is -2.46. The summed E-state index contributed by atoms with van der Waals surface area (Å²) in [4.78, 5) is 11.9. The summed E-state index contributed by atoms with van der Waals surface area (Å²) in [6.45, 7) is 3.46. The third-order valence-corrected chi connectivity index (χ3v) is 3.69. The van der Waals surface area contributed by atoms with E-state index >= 15 is 0 Å². The van der Waals surface area contributed by atoms with Crippen LogP contribution in [0.15, 0.2) is 12.3 Å². The molecule has 1 aliphatic carbocycles. The van der Waals surface area contributed by atoms with Gasteiger partial charge in [-0.1, -0.05) is 26.2 Å². The van der Waals surface area contributed by atoms with Gasteiger partial charge >= 0.3 is 0 Å². The van der Waals surface area contributed by atoms with Gasteiger partial charge in [0.1, 0.15) is 5.69 Å². The molecular weight excluding hydrogens is 242 g/mol. The average Bonchev–Trinajstić information content (AvgIpc) is 2.98. The van der Waals surface area contributed by atoms with Crippen LogP contribution in [0.4, 0.5) is 0 Å². The van der Waals surface area contributed by atoms with E-state index in [1.54, 1.807) is 12.3 Å². The summed E-state index contributed by atoms with van der Waals surface area (Å²) < 4.78 is 6.05. The molecule has 0 atom stereocenters. The van der Waals surface area contributed by atoms with Crippen LogP contribution in [0.5, 0.6) is 0 Å². The van der Waals surface area contributed by atoms with E-state index in [9.17, 15) is 4.79 Å². The van der Waals surface area contributed by atoms with Crippen molar-refractivity contribution < 1.29 is 9.53 Å². The van der Waals surface area contributed by atoms with Gasteiger partial charge in [-0.3, -0.25) is 9.89 Å². The van der Waals surface area contributed by atoms with Crippen molar-refractivity contribution in [3.63, 3.8) is 0 Å². The first-order valence-electron chi connectivity index (χ1n) is 7.17. The number of carbonyl (C=O) groups excluding carboxylic acids is 1. The van der Waals surface area contributed by atoms with E-state index in [-0.39, 0.29) is 11.5 Å². The molecule has 1 heterocycles. The molecule has 0 radical (unpaired) electrons. The number of hydrogen-bond acceptors (Lipinski definition) is 3. The lowest BCUT2D eigenvalue weighted by Gasteiger charge is -2.37. The third kappa shape index (κ3) is 3.80. The second-order valence-corrected chi connectivity index (χ2v) is 5.25. The fraction of sp³-hybridized carbons (Fsp3) is 0.714. The van der Waals surface area contributed by atoms with Crippen LogP contribution in [0.3, 0.4) is 0 Å². The topological polar surface area (TPSA) is 67.0 Å². The molecule has 106 valence electrons. The molecule has 19 heavy (non-hydrogen) atoms. The van der Waals surface area contributed by atoms with Crippen molar-refractivity contribution in [1.82, 2.24) is 15.5 Å². The molecule has 5 nitrogen and oxygen atoms in total. The van der Waals surface area contributed by atoms with Gasteiger partial charge in [-0.15, -0.1) is 0 Å². The molecule has 2 rings (SSSR count). The quantitative estimate of drug-likeness (QED) is 0.829. The smallest absolute Gasteiger partial charge is 0.269 e. The van der Waals surface area contributed by atoms with Crippen LogP contribution in [0, 0.1) is 0 Å². The average molecular weight is 265 g/mol. The Kier molecular flexibility index (Phi) is 4.96. The largest absolute Gasteiger partial charge is 0.373 e. The Morgan fingerprint density at radius 3 is 2.89 bits per heavy atom. The van der Waals surface area contributed by atoms with Crippen molar-refractivity contribution in [2.45, 2.75) is 51.0 Å². The molecule has 1 aromatic rings. The first-order valence-corrected chi connectivity index (χ1v) is 7.17. The second kappa shape index (κ2) is 6.70. The van der Waals surface area contributed by atoms with Crippen molar-refractivity contribution in [1.29, 1.82) is 0 Å². The number of rotatable bonds is 6. The second-order valence-electron chi connectivity index (χ2n) is 5.25. The van der Waals surface area contributed by atoms with Crippen molar-refractivity contribution in [2.75, 3.05) is 13.2 Å². The van der Waals surface area contributed by atoms with E-state index in [0.29, 0.717) is 12.2 Å². The maximum atomic E-state index is 11.9. The van der Waals surface area contributed by atoms with E-state index in [4.69, 9.17) is 4.74 Å². The van der Waals surface area contributed by atoms with Gasteiger partial charge in [0.25, 0.3) is 5.91 Å². The minimum absolute atomic E-state index is 0.109. The fourth-order valence-electron chi connectivity index (χ4n) is 2.61. The zero-order valence-corrected chi connectivity index (χ0v) is 11.6. The van der Waals surface area contributed by atoms with Gasteiger partial charge in [-0.05, 0) is 25.3 Å². The summed E-state index contributed by atoms with van der Waals surface area (Å²) >= 11 is 0. The Labute approximate surface area is 114 Å². The molecule has 2 N–H and O–H groups in total. The number of aromatic nitrogens is 2. The van der Waals surface area contributed by atoms with Gasteiger partial charge < -0.3 is 10.1 Å². The number of nitrogens with zero attached hydrogens (tertiary/aromatic N) is 1. The summed E-state index contributed by atoms with van der Waals surface area (Å²) in [7, 11) is 0. The van der Waals surface area contributed by atoms with Crippen LogP contribution in [0.2, 0.25) is 0 Å². The van der Waals surface area contributed by atoms with Crippen molar-refractivity contribution in [3.05, 3.63) is 18.0 Å². The molecule has 0 unspecified atom stereocenters. The van der Waals surface area contributed by atoms with E-state index in [0.717, 1.165) is 25.9 Å². The van der Waals surface area contributed by atoms with E-state index in [1.807, 2.05) is 0 Å². The van der Waals surface area contributed by atoms with Gasteiger partial charge in [0.2, 0.25) is 0 Å². The van der Waals surface area contributed by atoms with Crippen LogP contribution in [-0.4, -0.2) is 34.9 Å². The standard InChI is InChI=1S/C14H23N3O2/c1-2-10-19-14(7-4-3-5-8-14)11-15-13(18)12-6-9-16-17-12/h6,9H,2-5,7-8,10-11H2,1H3,(H,15,18)(H,16,17). The SMILES string of the molecule is CCCOC1(CNC(=O)c2ccn[nH]2)CCCCC1. The number of hydrogen-bond donors (Lipinski definition) is 2. The van der Waals surface area contributed by atoms with Crippen molar-refractivity contribution >= 4 is 5.91 Å². The number of H-pyrrole nitrogens is 1. The Hall–Kier alpha value is -1.36. The Bertz CT molecular complexity index is 383. The molecule has 0 bridgehead atoms. The van der Waals surface area contributed by atoms with Crippen LogP contribution >= 0.6 is 0 Å². The molecule has 1 fully saturated rings. The number of aromatic amines is 1. The predicted molar refractivity (Wildman–Crippen MR) is 73.0 cm³/mol. The zero-order valence-electron chi connectivity index (χ0n) is 11.6. The molecular formula is C14H23N3O2. The van der Waals surface area contributed by atoms with E-state index in [2.05, 4.69) is 22.4 Å². The minimum atomic E-state index is -0.163. The van der Waals surface area contributed by atoms with Gasteiger partial charge in [0.15, 0.2) is 0 Å². The van der Waals surface area contributed by atoms with Crippen molar-refractivity contribution in [3.8, 4) is 0 Å². The highest BCUT2D eigenvalue weighted by Gasteiger charge is 2.33. The minimum Gasteiger partial charge on any atom is -0.373 e. The molecule has 5 heteroatoms. The summed E-state index contributed by atoms with van der Waals surface area (Å²) in [5.74, 6) is -0.109. The predicted octanol–water partition coefficient (Wildman–Crippen LogP) is 2.27. The summed E-state index contributed by atoms with van der Waals surface area (Å²) in [6, 6.07) is 1.68. The highest BCUT2D eigenvalue weighted by molar-refractivity contribution is 5.92. The van der Waals surface area contributed by atoms with Crippen LogP contribution < -0.4 is 5.32 Å². The van der Waals surface area contributed by atoms with E-state index < -0.39 is 0 Å². The van der Waals surface area contributed by atoms with Crippen LogP contribution in [0.1, 0.15) is 55.9 Å². The Morgan fingerprint density at radius 2 is 2.26 bits per heavy atom. The third-order valence-electron chi connectivity index (χ3n) is 3.69. The number of nitrogens with one attached hydrogen (secondary N) is 2. The molecule has 1 aliphatic rings. The highest BCUT2D eigenvalue weighted by Crippen LogP contribution is 2.31. The maximum absolute atomic E-state index is 11.9. The number of ether oxygens (including phenoxy) is 1. The van der Waals surface area contributed by atoms with Gasteiger partial charge in [-0.25, -0.2) is 0 Å². The molecule has 0 saturated heterocycles. The molecule has 0 aliphatic heterocycles. The number of amides is 1. The molecule has 0 spiro atoms. The van der Waals surface area contributed by atoms with E-state index in [1.165, 1.54) is 19.3 Å². The lowest BCUT2D eigenvalue weighted by molar-refractivity contribution is -0.0669.